The molecule has 0 saturated heterocycles. The standard InChI is InChI=1S/C16H22N4O6/c1-10(15(25)18-8-11-5-3-2-4-6-11)19-16(26)12(21)7-13(22)20(17)9-14(23)24/h2-6,10,12,21H,7-9,17H2,1H3,(H,18,25)(H,19,26)(H,23,24)/t10-,12-/m0/s1. The first-order valence-corrected chi connectivity index (χ1v) is 7.77. The molecular formula is C16H22N4O6. The van der Waals surface area contributed by atoms with Crippen molar-refractivity contribution in [3.8, 4) is 0 Å². The number of carboxylic acids is 1. The van der Waals surface area contributed by atoms with Crippen molar-refractivity contribution in [3.63, 3.8) is 0 Å². The van der Waals surface area contributed by atoms with Crippen LogP contribution in [-0.2, 0) is 25.7 Å². The predicted molar refractivity (Wildman–Crippen MR) is 90.1 cm³/mol. The van der Waals surface area contributed by atoms with Gasteiger partial charge in [0, 0.05) is 6.54 Å². The van der Waals surface area contributed by atoms with Gasteiger partial charge in [0.25, 0.3) is 0 Å². The Balaban J connectivity index is 2.43. The summed E-state index contributed by atoms with van der Waals surface area (Å²) in [7, 11) is 0. The van der Waals surface area contributed by atoms with E-state index < -0.39 is 48.8 Å². The first kappa shape index (κ1) is 21.1. The van der Waals surface area contributed by atoms with Crippen LogP contribution in [0, 0.1) is 0 Å². The van der Waals surface area contributed by atoms with Gasteiger partial charge >= 0.3 is 5.97 Å². The third-order valence-electron chi connectivity index (χ3n) is 3.36. The van der Waals surface area contributed by atoms with Crippen LogP contribution in [0.3, 0.4) is 0 Å². The summed E-state index contributed by atoms with van der Waals surface area (Å²) in [5, 5.41) is 23.5. The van der Waals surface area contributed by atoms with E-state index in [4.69, 9.17) is 10.9 Å². The van der Waals surface area contributed by atoms with E-state index in [2.05, 4.69) is 10.6 Å². The second kappa shape index (κ2) is 10.1. The average molecular weight is 366 g/mol. The number of carbonyl (C=O) groups is 4. The second-order valence-corrected chi connectivity index (χ2v) is 5.57. The summed E-state index contributed by atoms with van der Waals surface area (Å²) in [6, 6.07) is 8.21. The average Bonchev–Trinajstić information content (AvgIpc) is 2.59. The number of carboxylic acid groups (broad SMARTS) is 1. The largest absolute Gasteiger partial charge is 0.480 e. The van der Waals surface area contributed by atoms with Crippen LogP contribution in [0.1, 0.15) is 18.9 Å². The van der Waals surface area contributed by atoms with E-state index in [1.54, 1.807) is 0 Å². The number of rotatable bonds is 9. The van der Waals surface area contributed by atoms with Crippen LogP contribution in [0.15, 0.2) is 30.3 Å². The van der Waals surface area contributed by atoms with Gasteiger partial charge in [0.2, 0.25) is 17.7 Å². The number of hydrogen-bond donors (Lipinski definition) is 5. The van der Waals surface area contributed by atoms with Gasteiger partial charge in [-0.2, -0.15) is 0 Å². The zero-order valence-electron chi connectivity index (χ0n) is 14.2. The number of hydrogen-bond acceptors (Lipinski definition) is 6. The Labute approximate surface area is 149 Å². The van der Waals surface area contributed by atoms with Gasteiger partial charge in [-0.15, -0.1) is 0 Å². The Morgan fingerprint density at radius 2 is 1.77 bits per heavy atom. The van der Waals surface area contributed by atoms with Crippen molar-refractivity contribution in [2.75, 3.05) is 6.54 Å². The number of nitrogens with one attached hydrogen (secondary N) is 2. The van der Waals surface area contributed by atoms with Crippen LogP contribution in [0.2, 0.25) is 0 Å². The van der Waals surface area contributed by atoms with Gasteiger partial charge in [0.05, 0.1) is 6.42 Å². The summed E-state index contributed by atoms with van der Waals surface area (Å²) < 4.78 is 0. The molecule has 1 aromatic carbocycles. The van der Waals surface area contributed by atoms with Crippen molar-refractivity contribution in [2.45, 2.75) is 32.0 Å². The van der Waals surface area contributed by atoms with E-state index in [0.717, 1.165) is 5.56 Å². The van der Waals surface area contributed by atoms with Gasteiger partial charge in [-0.05, 0) is 12.5 Å². The lowest BCUT2D eigenvalue weighted by atomic mass is 10.2. The van der Waals surface area contributed by atoms with Crippen LogP contribution in [0.5, 0.6) is 0 Å². The van der Waals surface area contributed by atoms with Crippen molar-refractivity contribution in [1.29, 1.82) is 0 Å². The quantitative estimate of drug-likeness (QED) is 0.198. The third kappa shape index (κ3) is 7.28. The fourth-order valence-corrected chi connectivity index (χ4v) is 1.92. The molecule has 0 saturated carbocycles. The summed E-state index contributed by atoms with van der Waals surface area (Å²) in [6.45, 7) is 0.941. The normalized spacial score (nSPS) is 12.6. The van der Waals surface area contributed by atoms with E-state index in [-0.39, 0.29) is 6.54 Å². The summed E-state index contributed by atoms with van der Waals surface area (Å²) >= 11 is 0. The van der Waals surface area contributed by atoms with Crippen molar-refractivity contribution >= 4 is 23.7 Å². The molecule has 0 fully saturated rings. The maximum absolute atomic E-state index is 12.0. The fraction of sp³-hybridized carbons (Fsp3) is 0.375. The van der Waals surface area contributed by atoms with Crippen LogP contribution in [0.4, 0.5) is 0 Å². The number of carbonyl (C=O) groups excluding carboxylic acids is 3. The number of nitrogens with two attached hydrogens (primary N) is 1. The molecule has 0 radical (unpaired) electrons. The third-order valence-corrected chi connectivity index (χ3v) is 3.36. The number of benzene rings is 1. The minimum Gasteiger partial charge on any atom is -0.480 e. The maximum atomic E-state index is 12.0. The van der Waals surface area contributed by atoms with Crippen molar-refractivity contribution in [2.24, 2.45) is 5.84 Å². The van der Waals surface area contributed by atoms with E-state index in [1.807, 2.05) is 30.3 Å². The second-order valence-electron chi connectivity index (χ2n) is 5.57. The highest BCUT2D eigenvalue weighted by Gasteiger charge is 2.25. The maximum Gasteiger partial charge on any atom is 0.324 e. The minimum absolute atomic E-state index is 0.276. The van der Waals surface area contributed by atoms with E-state index in [0.29, 0.717) is 5.01 Å². The lowest BCUT2D eigenvalue weighted by Gasteiger charge is -2.19. The van der Waals surface area contributed by atoms with Crippen molar-refractivity contribution in [3.05, 3.63) is 35.9 Å². The van der Waals surface area contributed by atoms with Crippen LogP contribution >= 0.6 is 0 Å². The molecular weight excluding hydrogens is 344 g/mol. The number of aliphatic hydroxyl groups excluding tert-OH is 1. The Hall–Kier alpha value is -2.98. The molecule has 0 bridgehead atoms. The molecule has 1 rings (SSSR count). The summed E-state index contributed by atoms with van der Waals surface area (Å²) in [4.78, 5) is 45.9. The van der Waals surface area contributed by atoms with E-state index in [1.165, 1.54) is 6.92 Å². The number of aliphatic carboxylic acids is 1. The van der Waals surface area contributed by atoms with E-state index in [9.17, 15) is 24.3 Å². The molecule has 10 nitrogen and oxygen atoms in total. The van der Waals surface area contributed by atoms with Gasteiger partial charge < -0.3 is 20.8 Å². The molecule has 0 spiro atoms. The summed E-state index contributed by atoms with van der Waals surface area (Å²) in [6.07, 6.45) is -2.46. The number of hydrazine groups is 1. The number of nitrogens with zero attached hydrogens (tertiary/aromatic N) is 1. The van der Waals surface area contributed by atoms with Crippen LogP contribution in [-0.4, -0.2) is 57.6 Å². The Kier molecular flexibility index (Phi) is 8.19. The van der Waals surface area contributed by atoms with Gasteiger partial charge in [-0.25, -0.2) is 5.84 Å². The summed E-state index contributed by atoms with van der Waals surface area (Å²) in [5.41, 5.74) is 0.881. The van der Waals surface area contributed by atoms with Gasteiger partial charge in [0.15, 0.2) is 0 Å². The van der Waals surface area contributed by atoms with Gasteiger partial charge in [-0.3, -0.25) is 24.2 Å². The zero-order valence-corrected chi connectivity index (χ0v) is 14.2. The molecule has 0 unspecified atom stereocenters. The Bertz CT molecular complexity index is 651. The minimum atomic E-state index is -1.76. The predicted octanol–water partition coefficient (Wildman–Crippen LogP) is -1.65. The van der Waals surface area contributed by atoms with Crippen LogP contribution < -0.4 is 16.5 Å². The molecule has 0 aliphatic carbocycles. The monoisotopic (exact) mass is 366 g/mol. The molecule has 0 heterocycles. The topological polar surface area (TPSA) is 162 Å². The highest BCUT2D eigenvalue weighted by Crippen LogP contribution is 1.99. The highest BCUT2D eigenvalue weighted by atomic mass is 16.4. The first-order valence-electron chi connectivity index (χ1n) is 7.77. The van der Waals surface area contributed by atoms with E-state index >= 15 is 0 Å². The smallest absolute Gasteiger partial charge is 0.324 e. The van der Waals surface area contributed by atoms with Crippen molar-refractivity contribution in [1.82, 2.24) is 15.6 Å². The summed E-state index contributed by atoms with van der Waals surface area (Å²) in [5.74, 6) is 1.55. The lowest BCUT2D eigenvalue weighted by molar-refractivity contribution is -0.147. The molecule has 10 heteroatoms. The molecule has 3 amide bonds. The molecule has 0 aromatic heterocycles. The number of amides is 3. The highest BCUT2D eigenvalue weighted by molar-refractivity contribution is 5.91. The fourth-order valence-electron chi connectivity index (χ4n) is 1.92. The number of aliphatic hydroxyl groups is 1. The Morgan fingerprint density at radius 3 is 2.35 bits per heavy atom. The lowest BCUT2D eigenvalue weighted by Crippen LogP contribution is -2.49. The molecule has 0 aliphatic heterocycles. The molecule has 26 heavy (non-hydrogen) atoms. The zero-order chi connectivity index (χ0) is 19.7. The molecule has 2 atom stereocenters. The molecule has 0 aliphatic rings. The van der Waals surface area contributed by atoms with Gasteiger partial charge in [0.1, 0.15) is 18.7 Å². The van der Waals surface area contributed by atoms with Gasteiger partial charge in [-0.1, -0.05) is 30.3 Å². The first-order chi connectivity index (χ1) is 12.2. The molecule has 6 N–H and O–H groups in total. The SMILES string of the molecule is C[C@H](NC(=O)[C@@H](O)CC(=O)N(N)CC(=O)O)C(=O)NCc1ccccc1. The van der Waals surface area contributed by atoms with Crippen molar-refractivity contribution < 1.29 is 29.4 Å². The Morgan fingerprint density at radius 1 is 1.15 bits per heavy atom. The van der Waals surface area contributed by atoms with Crippen LogP contribution in [0.25, 0.3) is 0 Å². The molecule has 1 aromatic rings. The molecule has 142 valence electrons.